The molecular formula is C11H7BrClN3O. The number of carbonyl (C=O) groups excluding carboxylic acids is 1. The third kappa shape index (κ3) is 3.01. The standard InChI is InChI=1S/C11H7BrClN3O/c12-8-4-2-1-3-7(8)11(17)16-10-6-14-5-9(13)15-10/h1-6H,(H,15,16,17). The second-order valence-corrected chi connectivity index (χ2v) is 4.40. The van der Waals surface area contributed by atoms with Crippen LogP contribution in [0.15, 0.2) is 41.1 Å². The van der Waals surface area contributed by atoms with E-state index in [0.29, 0.717) is 15.9 Å². The average molecular weight is 313 g/mol. The number of rotatable bonds is 2. The summed E-state index contributed by atoms with van der Waals surface area (Å²) in [5.41, 5.74) is 0.522. The topological polar surface area (TPSA) is 54.9 Å². The fraction of sp³-hybridized carbons (Fsp3) is 0. The van der Waals surface area contributed by atoms with Crippen molar-refractivity contribution in [1.82, 2.24) is 9.97 Å². The summed E-state index contributed by atoms with van der Waals surface area (Å²) in [7, 11) is 0. The second kappa shape index (κ2) is 5.25. The molecule has 0 fully saturated rings. The van der Waals surface area contributed by atoms with Gasteiger partial charge in [-0.25, -0.2) is 4.98 Å². The molecule has 4 nitrogen and oxygen atoms in total. The van der Waals surface area contributed by atoms with Crippen molar-refractivity contribution in [2.24, 2.45) is 0 Å². The number of amides is 1. The van der Waals surface area contributed by atoms with Crippen LogP contribution in [0.1, 0.15) is 10.4 Å². The molecule has 2 rings (SSSR count). The molecule has 1 heterocycles. The molecule has 0 unspecified atom stereocenters. The lowest BCUT2D eigenvalue weighted by molar-refractivity contribution is 0.102. The van der Waals surface area contributed by atoms with E-state index in [-0.39, 0.29) is 11.1 Å². The van der Waals surface area contributed by atoms with Gasteiger partial charge < -0.3 is 5.32 Å². The monoisotopic (exact) mass is 311 g/mol. The molecule has 0 saturated carbocycles. The number of anilines is 1. The van der Waals surface area contributed by atoms with Crippen molar-refractivity contribution in [2.75, 3.05) is 5.32 Å². The molecule has 0 radical (unpaired) electrons. The van der Waals surface area contributed by atoms with Crippen molar-refractivity contribution in [3.8, 4) is 0 Å². The first-order chi connectivity index (χ1) is 8.16. The summed E-state index contributed by atoms with van der Waals surface area (Å²) >= 11 is 8.97. The molecule has 6 heteroatoms. The Labute approximate surface area is 111 Å². The molecule has 0 bridgehead atoms. The minimum atomic E-state index is -0.269. The summed E-state index contributed by atoms with van der Waals surface area (Å²) in [5, 5.41) is 2.84. The lowest BCUT2D eigenvalue weighted by Gasteiger charge is -2.05. The van der Waals surface area contributed by atoms with Gasteiger partial charge in [-0.15, -0.1) is 0 Å². The zero-order valence-electron chi connectivity index (χ0n) is 8.52. The number of benzene rings is 1. The van der Waals surface area contributed by atoms with Gasteiger partial charge in [0, 0.05) is 4.47 Å². The van der Waals surface area contributed by atoms with Crippen LogP contribution in [0.5, 0.6) is 0 Å². The zero-order chi connectivity index (χ0) is 12.3. The van der Waals surface area contributed by atoms with E-state index >= 15 is 0 Å². The fourth-order valence-electron chi connectivity index (χ4n) is 1.23. The van der Waals surface area contributed by atoms with Crippen molar-refractivity contribution in [3.05, 3.63) is 51.8 Å². The van der Waals surface area contributed by atoms with Gasteiger partial charge in [-0.3, -0.25) is 9.78 Å². The normalized spacial score (nSPS) is 10.0. The van der Waals surface area contributed by atoms with Gasteiger partial charge in [0.1, 0.15) is 5.15 Å². The highest BCUT2D eigenvalue weighted by atomic mass is 79.9. The average Bonchev–Trinajstić information content (AvgIpc) is 2.29. The Balaban J connectivity index is 2.20. The van der Waals surface area contributed by atoms with Gasteiger partial charge in [0.15, 0.2) is 5.82 Å². The van der Waals surface area contributed by atoms with Gasteiger partial charge in [0.05, 0.1) is 18.0 Å². The number of nitrogens with one attached hydrogen (secondary N) is 1. The fourth-order valence-corrected chi connectivity index (χ4v) is 1.84. The number of hydrogen-bond donors (Lipinski definition) is 1. The summed E-state index contributed by atoms with van der Waals surface area (Å²) in [6, 6.07) is 7.11. The van der Waals surface area contributed by atoms with Gasteiger partial charge in [-0.2, -0.15) is 0 Å². The number of nitrogens with zero attached hydrogens (tertiary/aromatic N) is 2. The summed E-state index contributed by atoms with van der Waals surface area (Å²) in [6.45, 7) is 0. The van der Waals surface area contributed by atoms with E-state index in [1.54, 1.807) is 18.2 Å². The molecule has 0 spiro atoms. The van der Waals surface area contributed by atoms with Gasteiger partial charge in [0.2, 0.25) is 0 Å². The highest BCUT2D eigenvalue weighted by Gasteiger charge is 2.10. The second-order valence-electron chi connectivity index (χ2n) is 3.16. The van der Waals surface area contributed by atoms with E-state index in [9.17, 15) is 4.79 Å². The molecule has 1 amide bonds. The van der Waals surface area contributed by atoms with Crippen LogP contribution in [0, 0.1) is 0 Å². The summed E-state index contributed by atoms with van der Waals surface area (Å²) in [4.78, 5) is 19.7. The molecular weight excluding hydrogens is 305 g/mol. The maximum absolute atomic E-state index is 11.9. The van der Waals surface area contributed by atoms with Crippen LogP contribution in [0.25, 0.3) is 0 Å². The SMILES string of the molecule is O=C(Nc1cncc(Cl)n1)c1ccccc1Br. The Morgan fingerprint density at radius 3 is 2.76 bits per heavy atom. The third-order valence-electron chi connectivity index (χ3n) is 1.97. The number of hydrogen-bond acceptors (Lipinski definition) is 3. The molecule has 1 aromatic heterocycles. The van der Waals surface area contributed by atoms with Crippen LogP contribution in [0.2, 0.25) is 5.15 Å². The van der Waals surface area contributed by atoms with E-state index in [1.165, 1.54) is 12.4 Å². The van der Waals surface area contributed by atoms with Crippen molar-refractivity contribution < 1.29 is 4.79 Å². The molecule has 0 aliphatic rings. The van der Waals surface area contributed by atoms with E-state index in [0.717, 1.165) is 0 Å². The highest BCUT2D eigenvalue weighted by Crippen LogP contribution is 2.17. The Morgan fingerprint density at radius 1 is 1.29 bits per heavy atom. The van der Waals surface area contributed by atoms with Crippen LogP contribution in [-0.2, 0) is 0 Å². The Hall–Kier alpha value is -1.46. The smallest absolute Gasteiger partial charge is 0.258 e. The van der Waals surface area contributed by atoms with E-state index < -0.39 is 0 Å². The molecule has 0 aliphatic heterocycles. The van der Waals surface area contributed by atoms with Gasteiger partial charge in [0.25, 0.3) is 5.91 Å². The van der Waals surface area contributed by atoms with Gasteiger partial charge in [-0.1, -0.05) is 23.7 Å². The first-order valence-electron chi connectivity index (χ1n) is 4.70. The molecule has 1 N–H and O–H groups in total. The largest absolute Gasteiger partial charge is 0.305 e. The van der Waals surface area contributed by atoms with Crippen LogP contribution >= 0.6 is 27.5 Å². The lowest BCUT2D eigenvalue weighted by atomic mass is 10.2. The summed E-state index contributed by atoms with van der Waals surface area (Å²) in [5.74, 6) is 0.0484. The maximum atomic E-state index is 11.9. The van der Waals surface area contributed by atoms with Crippen LogP contribution in [-0.4, -0.2) is 15.9 Å². The number of carbonyl (C=O) groups is 1. The minimum Gasteiger partial charge on any atom is -0.305 e. The lowest BCUT2D eigenvalue weighted by Crippen LogP contribution is -2.13. The number of aromatic nitrogens is 2. The number of halogens is 2. The minimum absolute atomic E-state index is 0.231. The predicted molar refractivity (Wildman–Crippen MR) is 69.1 cm³/mol. The first-order valence-corrected chi connectivity index (χ1v) is 5.87. The Kier molecular flexibility index (Phi) is 3.71. The summed E-state index contributed by atoms with van der Waals surface area (Å²) < 4.78 is 0.715. The molecule has 0 aliphatic carbocycles. The summed E-state index contributed by atoms with van der Waals surface area (Å²) in [6.07, 6.45) is 2.83. The Morgan fingerprint density at radius 2 is 2.06 bits per heavy atom. The van der Waals surface area contributed by atoms with E-state index in [4.69, 9.17) is 11.6 Å². The zero-order valence-corrected chi connectivity index (χ0v) is 10.9. The van der Waals surface area contributed by atoms with Crippen LogP contribution in [0.4, 0.5) is 5.82 Å². The highest BCUT2D eigenvalue weighted by molar-refractivity contribution is 9.10. The maximum Gasteiger partial charge on any atom is 0.258 e. The predicted octanol–water partition coefficient (Wildman–Crippen LogP) is 3.14. The van der Waals surface area contributed by atoms with E-state index in [1.807, 2.05) is 6.07 Å². The Bertz CT molecular complexity index is 562. The molecule has 1 aromatic carbocycles. The molecule has 86 valence electrons. The van der Waals surface area contributed by atoms with Gasteiger partial charge in [-0.05, 0) is 28.1 Å². The quantitative estimate of drug-likeness (QED) is 0.927. The van der Waals surface area contributed by atoms with Crippen molar-refractivity contribution >= 4 is 39.3 Å². The third-order valence-corrected chi connectivity index (χ3v) is 2.84. The van der Waals surface area contributed by atoms with Crippen molar-refractivity contribution in [1.29, 1.82) is 0 Å². The van der Waals surface area contributed by atoms with Crippen LogP contribution < -0.4 is 5.32 Å². The van der Waals surface area contributed by atoms with Crippen molar-refractivity contribution in [3.63, 3.8) is 0 Å². The van der Waals surface area contributed by atoms with Gasteiger partial charge >= 0.3 is 0 Å². The molecule has 0 saturated heterocycles. The van der Waals surface area contributed by atoms with E-state index in [2.05, 4.69) is 31.2 Å². The van der Waals surface area contributed by atoms with Crippen LogP contribution in [0.3, 0.4) is 0 Å². The molecule has 2 aromatic rings. The molecule has 0 atom stereocenters. The molecule has 17 heavy (non-hydrogen) atoms. The first kappa shape index (κ1) is 12.0. The van der Waals surface area contributed by atoms with Crippen molar-refractivity contribution in [2.45, 2.75) is 0 Å².